The Morgan fingerprint density at radius 1 is 1.06 bits per heavy atom. The molecule has 0 saturated carbocycles. The number of rotatable bonds is 2. The summed E-state index contributed by atoms with van der Waals surface area (Å²) in [6.45, 7) is 0. The molecular weight excluding hydrogens is 243 g/mol. The highest BCUT2D eigenvalue weighted by Crippen LogP contribution is 2.30. The Morgan fingerprint density at radius 2 is 1.72 bits per heavy atom. The van der Waals surface area contributed by atoms with Gasteiger partial charge in [-0.25, -0.2) is 0 Å². The molecule has 3 N–H and O–H groups in total. The summed E-state index contributed by atoms with van der Waals surface area (Å²) < 4.78 is 37.2. The molecule has 1 aromatic carbocycles. The van der Waals surface area contributed by atoms with Crippen LogP contribution in [0.15, 0.2) is 42.6 Å². The quantitative estimate of drug-likeness (QED) is 0.638. The van der Waals surface area contributed by atoms with Crippen LogP contribution in [0.1, 0.15) is 5.56 Å². The Kier molecular flexibility index (Phi) is 3.20. The summed E-state index contributed by atoms with van der Waals surface area (Å²) in [6.07, 6.45) is -2.80. The molecule has 1 aromatic heterocycles. The molecule has 94 valence electrons. The van der Waals surface area contributed by atoms with Crippen molar-refractivity contribution in [1.29, 1.82) is 0 Å². The number of nitrogens with two attached hydrogens (primary N) is 1. The van der Waals surface area contributed by atoms with Gasteiger partial charge in [0.1, 0.15) is 0 Å². The van der Waals surface area contributed by atoms with Gasteiger partial charge in [-0.15, -0.1) is 0 Å². The van der Waals surface area contributed by atoms with Crippen LogP contribution in [-0.2, 0) is 6.18 Å². The molecule has 0 aliphatic rings. The fourth-order valence-electron chi connectivity index (χ4n) is 1.51. The van der Waals surface area contributed by atoms with E-state index in [0.717, 1.165) is 12.1 Å². The van der Waals surface area contributed by atoms with Crippen LogP contribution in [-0.4, -0.2) is 4.98 Å². The van der Waals surface area contributed by atoms with Gasteiger partial charge in [-0.2, -0.15) is 13.2 Å². The average Bonchev–Trinajstić information content (AvgIpc) is 2.38. The molecule has 0 aliphatic heterocycles. The first-order chi connectivity index (χ1) is 8.50. The Morgan fingerprint density at radius 3 is 2.28 bits per heavy atom. The number of pyridine rings is 1. The summed E-state index contributed by atoms with van der Waals surface area (Å²) >= 11 is 0. The van der Waals surface area contributed by atoms with Crippen LogP contribution >= 0.6 is 0 Å². The summed E-state index contributed by atoms with van der Waals surface area (Å²) in [5, 5.41) is 0. The molecule has 0 fully saturated rings. The fourth-order valence-corrected chi connectivity index (χ4v) is 1.51. The minimum absolute atomic E-state index is 0.555. The number of anilines is 1. The van der Waals surface area contributed by atoms with Crippen molar-refractivity contribution in [2.24, 2.45) is 5.84 Å². The van der Waals surface area contributed by atoms with Gasteiger partial charge < -0.3 is 5.43 Å². The van der Waals surface area contributed by atoms with Crippen molar-refractivity contribution >= 4 is 5.69 Å². The molecular formula is C12H10F3N3. The van der Waals surface area contributed by atoms with E-state index < -0.39 is 11.7 Å². The van der Waals surface area contributed by atoms with Crippen LogP contribution in [0, 0.1) is 0 Å². The van der Waals surface area contributed by atoms with Gasteiger partial charge in [-0.3, -0.25) is 10.8 Å². The number of nitrogens with one attached hydrogen (secondary N) is 1. The van der Waals surface area contributed by atoms with Crippen LogP contribution in [0.4, 0.5) is 18.9 Å². The second-order valence-corrected chi connectivity index (χ2v) is 3.65. The third-order valence-electron chi connectivity index (χ3n) is 2.43. The van der Waals surface area contributed by atoms with E-state index in [1.54, 1.807) is 12.1 Å². The lowest BCUT2D eigenvalue weighted by molar-refractivity contribution is -0.137. The number of hydrogen-bond acceptors (Lipinski definition) is 3. The Hall–Kier alpha value is -2.08. The predicted octanol–water partition coefficient (Wildman–Crippen LogP) is 3.05. The van der Waals surface area contributed by atoms with Crippen LogP contribution < -0.4 is 11.3 Å². The number of halogens is 3. The number of hydrazine groups is 1. The summed E-state index contributed by atoms with van der Waals surface area (Å²) in [7, 11) is 0. The molecule has 18 heavy (non-hydrogen) atoms. The van der Waals surface area contributed by atoms with Crippen LogP contribution in [0.25, 0.3) is 11.3 Å². The first-order valence-corrected chi connectivity index (χ1v) is 5.11. The van der Waals surface area contributed by atoms with E-state index in [9.17, 15) is 13.2 Å². The third-order valence-corrected chi connectivity index (χ3v) is 2.43. The average molecular weight is 253 g/mol. The molecule has 3 nitrogen and oxygen atoms in total. The van der Waals surface area contributed by atoms with E-state index in [1.807, 2.05) is 0 Å². The molecule has 2 rings (SSSR count). The predicted molar refractivity (Wildman–Crippen MR) is 62.5 cm³/mol. The van der Waals surface area contributed by atoms with E-state index >= 15 is 0 Å². The molecule has 0 bridgehead atoms. The zero-order valence-electron chi connectivity index (χ0n) is 9.20. The highest BCUT2D eigenvalue weighted by atomic mass is 19.4. The van der Waals surface area contributed by atoms with Crippen molar-refractivity contribution in [3.8, 4) is 11.3 Å². The maximum atomic E-state index is 12.4. The molecule has 0 aliphatic carbocycles. The molecule has 0 radical (unpaired) electrons. The molecule has 6 heteroatoms. The molecule has 0 spiro atoms. The van der Waals surface area contributed by atoms with Crippen LogP contribution in [0.2, 0.25) is 0 Å². The van der Waals surface area contributed by atoms with E-state index in [1.165, 1.54) is 18.3 Å². The zero-order valence-corrected chi connectivity index (χ0v) is 9.20. The fraction of sp³-hybridized carbons (Fsp3) is 0.0833. The number of aromatic nitrogens is 1. The smallest absolute Gasteiger partial charge is 0.324 e. The largest absolute Gasteiger partial charge is 0.416 e. The number of nitrogen functional groups attached to an aromatic ring is 1. The Labute approximate surface area is 101 Å². The Balaban J connectivity index is 2.34. The number of nitrogens with zero attached hydrogens (tertiary/aromatic N) is 1. The molecule has 2 aromatic rings. The minimum atomic E-state index is -4.33. The van der Waals surface area contributed by atoms with Gasteiger partial charge in [0, 0.05) is 11.8 Å². The number of benzene rings is 1. The van der Waals surface area contributed by atoms with Gasteiger partial charge in [-0.1, -0.05) is 12.1 Å². The monoisotopic (exact) mass is 253 g/mol. The highest BCUT2D eigenvalue weighted by molar-refractivity contribution is 5.64. The highest BCUT2D eigenvalue weighted by Gasteiger charge is 2.29. The normalized spacial score (nSPS) is 11.3. The van der Waals surface area contributed by atoms with E-state index in [-0.39, 0.29) is 0 Å². The minimum Gasteiger partial charge on any atom is -0.324 e. The summed E-state index contributed by atoms with van der Waals surface area (Å²) in [6, 6.07) is 8.13. The summed E-state index contributed by atoms with van der Waals surface area (Å²) in [4.78, 5) is 4.07. The second-order valence-electron chi connectivity index (χ2n) is 3.65. The Bertz CT molecular complexity index is 535. The van der Waals surface area contributed by atoms with Crippen molar-refractivity contribution in [3.05, 3.63) is 48.2 Å². The van der Waals surface area contributed by atoms with Gasteiger partial charge in [0.2, 0.25) is 0 Å². The number of alkyl halides is 3. The van der Waals surface area contributed by atoms with Gasteiger partial charge >= 0.3 is 6.18 Å². The molecule has 0 unspecified atom stereocenters. The van der Waals surface area contributed by atoms with E-state index in [4.69, 9.17) is 5.84 Å². The molecule has 0 atom stereocenters. The van der Waals surface area contributed by atoms with Gasteiger partial charge in [-0.05, 0) is 24.3 Å². The van der Waals surface area contributed by atoms with E-state index in [2.05, 4.69) is 10.4 Å². The lowest BCUT2D eigenvalue weighted by Crippen LogP contribution is -2.06. The van der Waals surface area contributed by atoms with Gasteiger partial charge in [0.05, 0.1) is 16.9 Å². The SMILES string of the molecule is NNc1ccnc(-c2ccc(C(F)(F)F)cc2)c1. The summed E-state index contributed by atoms with van der Waals surface area (Å²) in [5.41, 5.74) is 3.56. The molecule has 1 heterocycles. The first-order valence-electron chi connectivity index (χ1n) is 5.11. The lowest BCUT2D eigenvalue weighted by Gasteiger charge is -2.08. The lowest BCUT2D eigenvalue weighted by atomic mass is 10.1. The van der Waals surface area contributed by atoms with Crippen molar-refractivity contribution in [1.82, 2.24) is 4.98 Å². The third kappa shape index (κ3) is 2.60. The molecule has 0 saturated heterocycles. The maximum absolute atomic E-state index is 12.4. The summed E-state index contributed by atoms with van der Waals surface area (Å²) in [5.74, 6) is 5.25. The van der Waals surface area contributed by atoms with Crippen molar-refractivity contribution in [2.45, 2.75) is 6.18 Å². The van der Waals surface area contributed by atoms with Gasteiger partial charge in [0.25, 0.3) is 0 Å². The first kappa shape index (κ1) is 12.4. The molecule has 0 amide bonds. The van der Waals surface area contributed by atoms with E-state index in [0.29, 0.717) is 16.9 Å². The van der Waals surface area contributed by atoms with Crippen LogP contribution in [0.3, 0.4) is 0 Å². The zero-order chi connectivity index (χ0) is 13.2. The topological polar surface area (TPSA) is 50.9 Å². The van der Waals surface area contributed by atoms with Crippen molar-refractivity contribution in [3.63, 3.8) is 0 Å². The maximum Gasteiger partial charge on any atom is 0.416 e. The van der Waals surface area contributed by atoms with Crippen LogP contribution in [0.5, 0.6) is 0 Å². The van der Waals surface area contributed by atoms with Gasteiger partial charge in [0.15, 0.2) is 0 Å². The van der Waals surface area contributed by atoms with Crippen molar-refractivity contribution in [2.75, 3.05) is 5.43 Å². The van der Waals surface area contributed by atoms with Crippen molar-refractivity contribution < 1.29 is 13.2 Å². The second kappa shape index (κ2) is 4.66. The standard InChI is InChI=1S/C12H10F3N3/c13-12(14,15)9-3-1-8(2-4-9)11-7-10(18-16)5-6-17-11/h1-7H,16H2,(H,17,18). The number of hydrogen-bond donors (Lipinski definition) is 2.